The van der Waals surface area contributed by atoms with Gasteiger partial charge in [-0.2, -0.15) is 0 Å². The molecule has 26 heavy (non-hydrogen) atoms. The molecule has 0 bridgehead atoms. The number of methoxy groups -OCH3 is 1. The maximum absolute atomic E-state index is 12.9. The molecule has 2 aliphatic rings. The van der Waals surface area contributed by atoms with E-state index < -0.39 is 5.43 Å². The smallest absolute Gasteiger partial charge is 0.239 e. The van der Waals surface area contributed by atoms with Crippen molar-refractivity contribution in [2.75, 3.05) is 20.7 Å². The van der Waals surface area contributed by atoms with Crippen molar-refractivity contribution >= 4 is 11.0 Å². The number of phenols is 1. The average molecular weight is 356 g/mol. The number of hydrogen-bond donors (Lipinski definition) is 1. The molecule has 0 saturated carbocycles. The fourth-order valence-electron chi connectivity index (χ4n) is 3.09. The van der Waals surface area contributed by atoms with Gasteiger partial charge in [-0.15, -0.1) is 0 Å². The zero-order valence-corrected chi connectivity index (χ0v) is 13.5. The molecule has 3 heterocycles. The first kappa shape index (κ1) is 14.8. The largest absolute Gasteiger partial charge is 0.504 e. The molecule has 1 N–H and O–H groups in total. The Morgan fingerprint density at radius 3 is 2.62 bits per heavy atom. The molecule has 132 valence electrons. The monoisotopic (exact) mass is 356 g/mol. The standard InChI is InChI=1S/C18H12O8/c1-21-18-15(20)13-11(5-12-17(14(13)19)25-7-24-12)26-16(18)8-2-3-9-10(4-8)23-6-22-9/h2-5,19H,6-7H2,1H3. The Morgan fingerprint density at radius 1 is 1.00 bits per heavy atom. The van der Waals surface area contributed by atoms with Crippen molar-refractivity contribution in [2.24, 2.45) is 0 Å². The van der Waals surface area contributed by atoms with Crippen LogP contribution in [0.1, 0.15) is 0 Å². The zero-order valence-electron chi connectivity index (χ0n) is 13.5. The minimum atomic E-state index is -0.516. The van der Waals surface area contributed by atoms with Gasteiger partial charge in [-0.1, -0.05) is 0 Å². The van der Waals surface area contributed by atoms with Gasteiger partial charge < -0.3 is 33.2 Å². The Hall–Kier alpha value is -3.55. The Morgan fingerprint density at radius 2 is 1.77 bits per heavy atom. The van der Waals surface area contributed by atoms with Crippen LogP contribution < -0.4 is 29.1 Å². The van der Waals surface area contributed by atoms with Crippen molar-refractivity contribution in [1.29, 1.82) is 0 Å². The minimum Gasteiger partial charge on any atom is -0.504 e. The molecule has 0 aliphatic carbocycles. The van der Waals surface area contributed by atoms with Crippen molar-refractivity contribution in [3.8, 4) is 45.8 Å². The lowest BCUT2D eigenvalue weighted by molar-refractivity contribution is 0.171. The van der Waals surface area contributed by atoms with Gasteiger partial charge in [0.15, 0.2) is 28.8 Å². The van der Waals surface area contributed by atoms with E-state index in [1.54, 1.807) is 18.2 Å². The van der Waals surface area contributed by atoms with E-state index in [9.17, 15) is 9.90 Å². The maximum Gasteiger partial charge on any atom is 0.239 e. The first-order valence-corrected chi connectivity index (χ1v) is 7.73. The minimum absolute atomic E-state index is 0.0319. The molecular weight excluding hydrogens is 344 g/mol. The zero-order chi connectivity index (χ0) is 17.8. The second-order valence-corrected chi connectivity index (χ2v) is 5.69. The first-order valence-electron chi connectivity index (χ1n) is 7.73. The highest BCUT2D eigenvalue weighted by Gasteiger charge is 2.27. The van der Waals surface area contributed by atoms with E-state index in [0.717, 1.165) is 0 Å². The highest BCUT2D eigenvalue weighted by atomic mass is 16.7. The normalized spacial score (nSPS) is 14.0. The summed E-state index contributed by atoms with van der Waals surface area (Å²) < 4.78 is 32.3. The van der Waals surface area contributed by atoms with Crippen LogP contribution in [0.4, 0.5) is 0 Å². The Bertz CT molecular complexity index is 1110. The molecule has 8 nitrogen and oxygen atoms in total. The van der Waals surface area contributed by atoms with Gasteiger partial charge in [0.2, 0.25) is 30.5 Å². The second-order valence-electron chi connectivity index (χ2n) is 5.69. The van der Waals surface area contributed by atoms with E-state index in [-0.39, 0.29) is 47.6 Å². The lowest BCUT2D eigenvalue weighted by Gasteiger charge is -2.11. The van der Waals surface area contributed by atoms with Gasteiger partial charge in [0, 0.05) is 11.6 Å². The molecule has 8 heteroatoms. The summed E-state index contributed by atoms with van der Waals surface area (Å²) >= 11 is 0. The topological polar surface area (TPSA) is 96.6 Å². The number of ether oxygens (including phenoxy) is 5. The average Bonchev–Trinajstić information content (AvgIpc) is 3.29. The summed E-state index contributed by atoms with van der Waals surface area (Å²) in [5.74, 6) is 1.41. The molecule has 0 atom stereocenters. The highest BCUT2D eigenvalue weighted by Crippen LogP contribution is 2.46. The molecule has 0 radical (unpaired) electrons. The number of fused-ring (bicyclic) bond motifs is 3. The van der Waals surface area contributed by atoms with Crippen molar-refractivity contribution in [1.82, 2.24) is 0 Å². The van der Waals surface area contributed by atoms with E-state index in [1.807, 2.05) is 0 Å². The van der Waals surface area contributed by atoms with Gasteiger partial charge >= 0.3 is 0 Å². The molecule has 2 aromatic carbocycles. The Kier molecular flexibility index (Phi) is 2.96. The van der Waals surface area contributed by atoms with Crippen molar-refractivity contribution < 1.29 is 33.2 Å². The van der Waals surface area contributed by atoms with E-state index in [4.69, 9.17) is 28.1 Å². The van der Waals surface area contributed by atoms with Gasteiger partial charge in [0.25, 0.3) is 0 Å². The number of phenolic OH excluding ortho intramolecular Hbond substituents is 1. The highest BCUT2D eigenvalue weighted by molar-refractivity contribution is 5.91. The van der Waals surface area contributed by atoms with Crippen LogP contribution in [0.25, 0.3) is 22.3 Å². The van der Waals surface area contributed by atoms with Crippen LogP contribution in [0.2, 0.25) is 0 Å². The SMILES string of the molecule is COc1c(-c2ccc3c(c2)OCO3)oc2cc3c(c(O)c2c1=O)OCO3. The van der Waals surface area contributed by atoms with Crippen LogP contribution in [-0.2, 0) is 0 Å². The van der Waals surface area contributed by atoms with Gasteiger partial charge in [-0.25, -0.2) is 0 Å². The van der Waals surface area contributed by atoms with Gasteiger partial charge in [-0.05, 0) is 18.2 Å². The molecule has 3 aromatic rings. The summed E-state index contributed by atoms with van der Waals surface area (Å²) in [6.07, 6.45) is 0. The molecular formula is C18H12O8. The predicted octanol–water partition coefficient (Wildman–Crippen LogP) is 2.63. The Labute approximate surface area is 146 Å². The van der Waals surface area contributed by atoms with E-state index >= 15 is 0 Å². The number of aromatic hydroxyl groups is 1. The molecule has 1 aromatic heterocycles. The van der Waals surface area contributed by atoms with Crippen molar-refractivity contribution in [2.45, 2.75) is 0 Å². The van der Waals surface area contributed by atoms with Crippen LogP contribution in [0, 0.1) is 0 Å². The molecule has 0 spiro atoms. The van der Waals surface area contributed by atoms with Gasteiger partial charge in [0.1, 0.15) is 11.0 Å². The lowest BCUT2D eigenvalue weighted by Crippen LogP contribution is -2.08. The third-order valence-electron chi connectivity index (χ3n) is 4.29. The fourth-order valence-corrected chi connectivity index (χ4v) is 3.09. The molecule has 0 amide bonds. The third-order valence-corrected chi connectivity index (χ3v) is 4.29. The van der Waals surface area contributed by atoms with Gasteiger partial charge in [0.05, 0.1) is 7.11 Å². The second kappa shape index (κ2) is 5.22. The van der Waals surface area contributed by atoms with Crippen LogP contribution in [0.5, 0.6) is 34.5 Å². The van der Waals surface area contributed by atoms with Crippen molar-refractivity contribution in [3.63, 3.8) is 0 Å². The van der Waals surface area contributed by atoms with Crippen LogP contribution in [0.3, 0.4) is 0 Å². The molecule has 0 unspecified atom stereocenters. The first-order chi connectivity index (χ1) is 12.7. The molecule has 2 aliphatic heterocycles. The van der Waals surface area contributed by atoms with Crippen LogP contribution in [0.15, 0.2) is 33.5 Å². The summed E-state index contributed by atoms with van der Waals surface area (Å²) in [6, 6.07) is 6.65. The quantitative estimate of drug-likeness (QED) is 0.748. The summed E-state index contributed by atoms with van der Waals surface area (Å²) in [5, 5.41) is 10.4. The maximum atomic E-state index is 12.9. The van der Waals surface area contributed by atoms with Crippen molar-refractivity contribution in [3.05, 3.63) is 34.5 Å². The number of benzene rings is 2. The molecule has 0 fully saturated rings. The summed E-state index contributed by atoms with van der Waals surface area (Å²) in [4.78, 5) is 12.9. The van der Waals surface area contributed by atoms with Gasteiger partial charge in [-0.3, -0.25) is 4.79 Å². The summed E-state index contributed by atoms with van der Waals surface area (Å²) in [6.45, 7) is 0.0918. The predicted molar refractivity (Wildman–Crippen MR) is 88.4 cm³/mol. The summed E-state index contributed by atoms with van der Waals surface area (Å²) in [5.41, 5.74) is 0.213. The van der Waals surface area contributed by atoms with E-state index in [0.29, 0.717) is 22.8 Å². The number of hydrogen-bond acceptors (Lipinski definition) is 8. The fraction of sp³-hybridized carbons (Fsp3) is 0.167. The van der Waals surface area contributed by atoms with E-state index in [2.05, 4.69) is 0 Å². The van der Waals surface area contributed by atoms with E-state index in [1.165, 1.54) is 13.2 Å². The van der Waals surface area contributed by atoms with Crippen LogP contribution in [-0.4, -0.2) is 25.8 Å². The molecule has 5 rings (SSSR count). The lowest BCUT2D eigenvalue weighted by atomic mass is 10.1. The van der Waals surface area contributed by atoms with Crippen LogP contribution >= 0.6 is 0 Å². The number of rotatable bonds is 2. The molecule has 0 saturated heterocycles. The third kappa shape index (κ3) is 1.92. The Balaban J connectivity index is 1.81. The summed E-state index contributed by atoms with van der Waals surface area (Å²) in [7, 11) is 1.36.